The molecule has 0 aliphatic carbocycles. The zero-order valence-electron chi connectivity index (χ0n) is 8.83. The second kappa shape index (κ2) is 5.09. The molecule has 2 N–H and O–H groups in total. The van der Waals surface area contributed by atoms with Crippen LogP contribution in [-0.4, -0.2) is 18.4 Å². The molecule has 90 valence electrons. The predicted octanol–water partition coefficient (Wildman–Crippen LogP) is 0.820. The van der Waals surface area contributed by atoms with Gasteiger partial charge in [-0.2, -0.15) is 0 Å². The number of hydrogen-bond acceptors (Lipinski definition) is 4. The summed E-state index contributed by atoms with van der Waals surface area (Å²) in [5, 5.41) is -0.175. The quantitative estimate of drug-likeness (QED) is 0.773. The summed E-state index contributed by atoms with van der Waals surface area (Å²) >= 11 is 0. The van der Waals surface area contributed by atoms with E-state index in [0.29, 0.717) is 0 Å². The summed E-state index contributed by atoms with van der Waals surface area (Å²) < 4.78 is 23.1. The SMILES string of the molecule is O=S(=O)(NOCc1ccccc1)c1ncc[nH]1. The Balaban J connectivity index is 1.91. The average molecular weight is 253 g/mol. The molecule has 1 aromatic heterocycles. The van der Waals surface area contributed by atoms with E-state index < -0.39 is 10.0 Å². The fourth-order valence-electron chi connectivity index (χ4n) is 1.20. The van der Waals surface area contributed by atoms with Crippen LogP contribution in [0.15, 0.2) is 47.9 Å². The Hall–Kier alpha value is -1.70. The molecule has 2 aromatic rings. The van der Waals surface area contributed by atoms with Gasteiger partial charge in [0, 0.05) is 12.4 Å². The van der Waals surface area contributed by atoms with E-state index in [1.54, 1.807) is 0 Å². The number of aromatic nitrogens is 2. The van der Waals surface area contributed by atoms with Crippen LogP contribution in [0.2, 0.25) is 0 Å². The van der Waals surface area contributed by atoms with E-state index in [9.17, 15) is 8.42 Å². The number of nitrogens with one attached hydrogen (secondary N) is 2. The van der Waals surface area contributed by atoms with E-state index in [1.807, 2.05) is 35.2 Å². The number of benzene rings is 1. The molecular weight excluding hydrogens is 242 g/mol. The minimum Gasteiger partial charge on any atom is -0.334 e. The normalized spacial score (nSPS) is 11.5. The molecule has 0 aliphatic rings. The second-order valence-corrected chi connectivity index (χ2v) is 4.82. The van der Waals surface area contributed by atoms with Gasteiger partial charge in [0.25, 0.3) is 10.0 Å². The number of nitrogens with zero attached hydrogens (tertiary/aromatic N) is 1. The topological polar surface area (TPSA) is 84.1 Å². The van der Waals surface area contributed by atoms with Crippen LogP contribution in [0.3, 0.4) is 0 Å². The van der Waals surface area contributed by atoms with Gasteiger partial charge in [0.05, 0.1) is 6.61 Å². The molecule has 1 heterocycles. The van der Waals surface area contributed by atoms with Crippen LogP contribution in [0, 0.1) is 0 Å². The first-order chi connectivity index (χ1) is 8.18. The lowest BCUT2D eigenvalue weighted by Gasteiger charge is -2.04. The van der Waals surface area contributed by atoms with Gasteiger partial charge < -0.3 is 4.98 Å². The van der Waals surface area contributed by atoms with E-state index in [2.05, 4.69) is 9.97 Å². The third-order valence-corrected chi connectivity index (χ3v) is 3.05. The summed E-state index contributed by atoms with van der Waals surface area (Å²) in [6.45, 7) is 0.154. The van der Waals surface area contributed by atoms with Gasteiger partial charge in [-0.05, 0) is 5.56 Å². The van der Waals surface area contributed by atoms with Crippen LogP contribution in [0.1, 0.15) is 5.56 Å². The highest BCUT2D eigenvalue weighted by Crippen LogP contribution is 2.02. The first-order valence-electron chi connectivity index (χ1n) is 4.85. The molecule has 2 rings (SSSR count). The molecule has 6 nitrogen and oxygen atoms in total. The van der Waals surface area contributed by atoms with Crippen molar-refractivity contribution < 1.29 is 13.3 Å². The van der Waals surface area contributed by atoms with E-state index in [1.165, 1.54) is 12.4 Å². The fraction of sp³-hybridized carbons (Fsp3) is 0.100. The third kappa shape index (κ3) is 3.13. The van der Waals surface area contributed by atoms with Gasteiger partial charge >= 0.3 is 0 Å². The van der Waals surface area contributed by atoms with Crippen molar-refractivity contribution in [2.45, 2.75) is 11.8 Å². The summed E-state index contributed by atoms with van der Waals surface area (Å²) in [7, 11) is -3.73. The molecule has 0 unspecified atom stereocenters. The third-order valence-electron chi connectivity index (χ3n) is 1.98. The number of sulfonamides is 1. The van der Waals surface area contributed by atoms with Gasteiger partial charge in [-0.25, -0.2) is 13.4 Å². The summed E-state index contributed by atoms with van der Waals surface area (Å²) in [5.74, 6) is 0. The van der Waals surface area contributed by atoms with Gasteiger partial charge in [0.2, 0.25) is 5.16 Å². The van der Waals surface area contributed by atoms with E-state index in [4.69, 9.17) is 4.84 Å². The van der Waals surface area contributed by atoms with Crippen LogP contribution in [0.5, 0.6) is 0 Å². The van der Waals surface area contributed by atoms with E-state index >= 15 is 0 Å². The first-order valence-corrected chi connectivity index (χ1v) is 6.34. The Morgan fingerprint density at radius 2 is 2.06 bits per heavy atom. The Labute approximate surface area is 98.7 Å². The first kappa shape index (κ1) is 11.8. The summed E-state index contributed by atoms with van der Waals surface area (Å²) in [6.07, 6.45) is 2.78. The minimum absolute atomic E-state index is 0.154. The number of rotatable bonds is 5. The lowest BCUT2D eigenvalue weighted by atomic mass is 10.2. The van der Waals surface area contributed by atoms with Crippen LogP contribution >= 0.6 is 0 Å². The van der Waals surface area contributed by atoms with Crippen molar-refractivity contribution in [3.05, 3.63) is 48.3 Å². The molecule has 0 spiro atoms. The lowest BCUT2D eigenvalue weighted by Crippen LogP contribution is -2.24. The molecule has 0 atom stereocenters. The number of imidazole rings is 1. The Kier molecular flexibility index (Phi) is 3.52. The molecule has 0 bridgehead atoms. The molecule has 0 aliphatic heterocycles. The zero-order chi connectivity index (χ0) is 12.1. The molecule has 0 radical (unpaired) electrons. The minimum atomic E-state index is -3.73. The van der Waals surface area contributed by atoms with Gasteiger partial charge in [-0.15, -0.1) is 0 Å². The highest BCUT2D eigenvalue weighted by molar-refractivity contribution is 7.89. The van der Waals surface area contributed by atoms with Crippen molar-refractivity contribution in [1.82, 2.24) is 14.9 Å². The molecule has 0 fully saturated rings. The Morgan fingerprint density at radius 3 is 2.71 bits per heavy atom. The van der Waals surface area contributed by atoms with Crippen molar-refractivity contribution in [2.24, 2.45) is 0 Å². The number of H-pyrrole nitrogens is 1. The smallest absolute Gasteiger partial charge is 0.296 e. The largest absolute Gasteiger partial charge is 0.334 e. The predicted molar refractivity (Wildman–Crippen MR) is 60.1 cm³/mol. The molecular formula is C10H11N3O3S. The summed E-state index contributed by atoms with van der Waals surface area (Å²) in [6, 6.07) is 9.23. The van der Waals surface area contributed by atoms with Crippen molar-refractivity contribution >= 4 is 10.0 Å². The monoisotopic (exact) mass is 253 g/mol. The van der Waals surface area contributed by atoms with E-state index in [-0.39, 0.29) is 11.8 Å². The number of hydrogen-bond donors (Lipinski definition) is 2. The van der Waals surface area contributed by atoms with Gasteiger partial charge in [-0.1, -0.05) is 35.2 Å². The molecule has 7 heteroatoms. The van der Waals surface area contributed by atoms with Crippen molar-refractivity contribution in [3.8, 4) is 0 Å². The van der Waals surface area contributed by atoms with Crippen LogP contribution in [-0.2, 0) is 21.5 Å². The average Bonchev–Trinajstić information content (AvgIpc) is 2.84. The van der Waals surface area contributed by atoms with Gasteiger partial charge in [0.15, 0.2) is 0 Å². The van der Waals surface area contributed by atoms with Crippen molar-refractivity contribution in [3.63, 3.8) is 0 Å². The van der Waals surface area contributed by atoms with E-state index in [0.717, 1.165) is 5.56 Å². The zero-order valence-corrected chi connectivity index (χ0v) is 9.65. The molecule has 0 saturated heterocycles. The fourth-order valence-corrected chi connectivity index (χ4v) is 1.92. The maximum atomic E-state index is 11.6. The van der Waals surface area contributed by atoms with Crippen molar-refractivity contribution in [1.29, 1.82) is 0 Å². The number of aromatic amines is 1. The molecule has 17 heavy (non-hydrogen) atoms. The summed E-state index contributed by atoms with van der Waals surface area (Å²) in [5.41, 5.74) is 0.870. The second-order valence-electron chi connectivity index (χ2n) is 3.26. The summed E-state index contributed by atoms with van der Waals surface area (Å²) in [4.78, 5) is 13.0. The molecule has 1 aromatic carbocycles. The van der Waals surface area contributed by atoms with Crippen LogP contribution in [0.25, 0.3) is 0 Å². The molecule has 0 amide bonds. The highest BCUT2D eigenvalue weighted by atomic mass is 32.2. The molecule has 0 saturated carbocycles. The van der Waals surface area contributed by atoms with Crippen LogP contribution < -0.4 is 4.89 Å². The van der Waals surface area contributed by atoms with Crippen molar-refractivity contribution in [2.75, 3.05) is 0 Å². The maximum absolute atomic E-state index is 11.6. The van der Waals surface area contributed by atoms with Gasteiger partial charge in [0.1, 0.15) is 0 Å². The Bertz CT molecular complexity index is 552. The van der Waals surface area contributed by atoms with Crippen LogP contribution in [0.4, 0.5) is 0 Å². The maximum Gasteiger partial charge on any atom is 0.296 e. The standard InChI is InChI=1S/C10H11N3O3S/c14-17(15,10-11-6-7-12-10)13-16-8-9-4-2-1-3-5-9/h1-7,13H,8H2,(H,11,12). The lowest BCUT2D eigenvalue weighted by molar-refractivity contribution is 0.0792. The Morgan fingerprint density at radius 1 is 1.29 bits per heavy atom. The highest BCUT2D eigenvalue weighted by Gasteiger charge is 2.16. The van der Waals surface area contributed by atoms with Gasteiger partial charge in [-0.3, -0.25) is 4.84 Å².